The smallest absolute Gasteiger partial charge is 0.328 e. The number of likely N-dealkylation sites (tertiary alicyclic amines) is 1. The van der Waals surface area contributed by atoms with E-state index >= 15 is 0 Å². The van der Waals surface area contributed by atoms with Crippen molar-refractivity contribution in [2.45, 2.75) is 58.0 Å². The summed E-state index contributed by atoms with van der Waals surface area (Å²) >= 11 is 0. The van der Waals surface area contributed by atoms with Crippen molar-refractivity contribution in [1.82, 2.24) is 19.7 Å². The second kappa shape index (κ2) is 9.77. The van der Waals surface area contributed by atoms with Crippen LogP contribution in [-0.2, 0) is 11.2 Å². The van der Waals surface area contributed by atoms with Gasteiger partial charge in [-0.15, -0.1) is 0 Å². The number of nitrogens with zero attached hydrogens (tertiary/aromatic N) is 3. The standard InChI is InChI=1S/C31H38N4O3/c1-4-38-23-11-12-26-24(19-23)25-20-31(3)29(36)34(16-8-15-33-17-13-21(2)14-18-33)30(37)35(31)28(27(25)32-26)22-9-6-5-7-10-22/h5-7,9-12,19,21,28,32H,4,8,13-18,20H2,1-3H3/t28-,31+/m1/s1. The van der Waals surface area contributed by atoms with Gasteiger partial charge in [0.15, 0.2) is 0 Å². The lowest BCUT2D eigenvalue weighted by atomic mass is 9.81. The summed E-state index contributed by atoms with van der Waals surface area (Å²) < 4.78 is 5.80. The zero-order chi connectivity index (χ0) is 26.4. The van der Waals surface area contributed by atoms with Crippen LogP contribution in [0.4, 0.5) is 4.79 Å². The third-order valence-electron chi connectivity index (χ3n) is 8.80. The highest BCUT2D eigenvalue weighted by Gasteiger charge is 2.60. The fraction of sp³-hybridized carbons (Fsp3) is 0.484. The van der Waals surface area contributed by atoms with Gasteiger partial charge in [0.05, 0.1) is 6.61 Å². The molecule has 0 saturated carbocycles. The van der Waals surface area contributed by atoms with Crippen LogP contribution in [-0.4, -0.2) is 69.9 Å². The molecule has 38 heavy (non-hydrogen) atoms. The van der Waals surface area contributed by atoms with Crippen LogP contribution < -0.4 is 4.74 Å². The number of carbonyl (C=O) groups excluding carboxylic acids is 2. The number of hydrogen-bond donors (Lipinski definition) is 1. The summed E-state index contributed by atoms with van der Waals surface area (Å²) in [6.07, 6.45) is 3.73. The van der Waals surface area contributed by atoms with Crippen LogP contribution in [0.3, 0.4) is 0 Å². The topological polar surface area (TPSA) is 68.9 Å². The van der Waals surface area contributed by atoms with Crippen molar-refractivity contribution >= 4 is 22.8 Å². The molecular weight excluding hydrogens is 476 g/mol. The van der Waals surface area contributed by atoms with E-state index in [0.29, 0.717) is 19.6 Å². The summed E-state index contributed by atoms with van der Waals surface area (Å²) in [4.78, 5) is 37.5. The fourth-order valence-electron chi connectivity index (χ4n) is 6.67. The van der Waals surface area contributed by atoms with E-state index in [9.17, 15) is 9.59 Å². The van der Waals surface area contributed by atoms with E-state index in [1.54, 1.807) is 0 Å². The van der Waals surface area contributed by atoms with Gasteiger partial charge in [-0.1, -0.05) is 37.3 Å². The van der Waals surface area contributed by atoms with Crippen LogP contribution in [0.5, 0.6) is 5.75 Å². The maximum atomic E-state index is 14.0. The molecule has 0 unspecified atom stereocenters. The Morgan fingerprint density at radius 3 is 2.55 bits per heavy atom. The molecule has 3 aromatic rings. The lowest BCUT2D eigenvalue weighted by molar-refractivity contribution is -0.133. The number of urea groups is 1. The average molecular weight is 515 g/mol. The molecule has 2 aromatic carbocycles. The summed E-state index contributed by atoms with van der Waals surface area (Å²) in [6.45, 7) is 10.4. The number of rotatable bonds is 7. The molecule has 0 bridgehead atoms. The minimum atomic E-state index is -0.943. The number of fused-ring (bicyclic) bond motifs is 4. The number of piperidine rings is 1. The van der Waals surface area contributed by atoms with Crippen molar-refractivity contribution in [1.29, 1.82) is 0 Å². The Morgan fingerprint density at radius 2 is 1.82 bits per heavy atom. The molecule has 0 aliphatic carbocycles. The number of hydrogen-bond acceptors (Lipinski definition) is 4. The average Bonchev–Trinajstić information content (AvgIpc) is 3.36. The molecule has 2 fully saturated rings. The summed E-state index contributed by atoms with van der Waals surface area (Å²) in [5.41, 5.74) is 3.14. The van der Waals surface area contributed by atoms with E-state index in [0.717, 1.165) is 65.4 Å². The summed E-state index contributed by atoms with van der Waals surface area (Å²) in [7, 11) is 0. The molecule has 2 atom stereocenters. The van der Waals surface area contributed by atoms with Crippen LogP contribution in [0.1, 0.15) is 62.9 Å². The van der Waals surface area contributed by atoms with Gasteiger partial charge in [0.1, 0.15) is 17.3 Å². The fourth-order valence-corrected chi connectivity index (χ4v) is 6.67. The number of H-pyrrole nitrogens is 1. The Morgan fingerprint density at radius 1 is 1.05 bits per heavy atom. The number of ether oxygens (including phenoxy) is 1. The molecule has 3 aliphatic heterocycles. The normalized spacial score (nSPS) is 24.2. The molecule has 3 aliphatic rings. The molecule has 7 nitrogen and oxygen atoms in total. The molecule has 6 rings (SSSR count). The van der Waals surface area contributed by atoms with E-state index in [1.165, 1.54) is 17.7 Å². The first kappa shape index (κ1) is 25.0. The van der Waals surface area contributed by atoms with Crippen molar-refractivity contribution in [2.75, 3.05) is 32.8 Å². The van der Waals surface area contributed by atoms with Crippen LogP contribution in [0.2, 0.25) is 0 Å². The quantitative estimate of drug-likeness (QED) is 0.431. The van der Waals surface area contributed by atoms with Crippen LogP contribution >= 0.6 is 0 Å². The molecule has 0 spiro atoms. The Hall–Kier alpha value is -3.32. The Kier molecular flexibility index (Phi) is 6.42. The molecule has 4 heterocycles. The Bertz CT molecular complexity index is 1340. The largest absolute Gasteiger partial charge is 0.494 e. The molecule has 0 radical (unpaired) electrons. The van der Waals surface area contributed by atoms with Crippen molar-refractivity contribution in [3.63, 3.8) is 0 Å². The first-order valence-corrected chi connectivity index (χ1v) is 14.1. The number of aromatic amines is 1. The molecule has 1 N–H and O–H groups in total. The van der Waals surface area contributed by atoms with Crippen LogP contribution in [0.25, 0.3) is 10.9 Å². The third-order valence-corrected chi connectivity index (χ3v) is 8.80. The highest BCUT2D eigenvalue weighted by atomic mass is 16.5. The second-order valence-corrected chi connectivity index (χ2v) is 11.4. The predicted molar refractivity (Wildman–Crippen MR) is 148 cm³/mol. The predicted octanol–water partition coefficient (Wildman–Crippen LogP) is 5.36. The lowest BCUT2D eigenvalue weighted by Gasteiger charge is -2.42. The molecule has 7 heteroatoms. The van der Waals surface area contributed by atoms with Gasteiger partial charge in [0.25, 0.3) is 5.91 Å². The van der Waals surface area contributed by atoms with Gasteiger partial charge in [-0.25, -0.2) is 4.79 Å². The number of aromatic nitrogens is 1. The van der Waals surface area contributed by atoms with Crippen molar-refractivity contribution in [3.8, 4) is 5.75 Å². The summed E-state index contributed by atoms with van der Waals surface area (Å²) in [5.74, 6) is 1.52. The van der Waals surface area contributed by atoms with Gasteiger partial charge in [-0.3, -0.25) is 14.6 Å². The number of nitrogens with one attached hydrogen (secondary N) is 1. The van der Waals surface area contributed by atoms with Crippen molar-refractivity contribution in [2.24, 2.45) is 5.92 Å². The first-order chi connectivity index (χ1) is 18.4. The first-order valence-electron chi connectivity index (χ1n) is 14.1. The van der Waals surface area contributed by atoms with Gasteiger partial charge >= 0.3 is 6.03 Å². The summed E-state index contributed by atoms with van der Waals surface area (Å²) in [5, 5.41) is 1.06. The zero-order valence-electron chi connectivity index (χ0n) is 22.7. The highest BCUT2D eigenvalue weighted by Crippen LogP contribution is 2.49. The number of carbonyl (C=O) groups is 2. The van der Waals surface area contributed by atoms with Crippen molar-refractivity contribution in [3.05, 3.63) is 65.4 Å². The Labute approximate surface area is 224 Å². The van der Waals surface area contributed by atoms with E-state index in [2.05, 4.69) is 35.0 Å². The number of amides is 3. The third kappa shape index (κ3) is 4.08. The van der Waals surface area contributed by atoms with E-state index in [-0.39, 0.29) is 18.0 Å². The minimum Gasteiger partial charge on any atom is -0.494 e. The molecular formula is C31H38N4O3. The molecule has 200 valence electrons. The molecule has 1 aromatic heterocycles. The number of imide groups is 1. The lowest BCUT2D eigenvalue weighted by Crippen LogP contribution is -2.53. The monoisotopic (exact) mass is 514 g/mol. The van der Waals surface area contributed by atoms with Crippen molar-refractivity contribution < 1.29 is 14.3 Å². The second-order valence-electron chi connectivity index (χ2n) is 11.4. The number of benzene rings is 2. The molecule has 2 saturated heterocycles. The SMILES string of the molecule is CCOc1ccc2[nH]c3c(c2c1)C[C@@]1(C)C(=O)N(CCCN2CCC(C)CC2)C(=O)N1[C@@H]3c1ccccc1. The van der Waals surface area contributed by atoms with Gasteiger partial charge < -0.3 is 14.6 Å². The van der Waals surface area contributed by atoms with E-state index in [1.807, 2.05) is 49.1 Å². The maximum Gasteiger partial charge on any atom is 0.328 e. The van der Waals surface area contributed by atoms with Crippen LogP contribution in [0, 0.1) is 5.92 Å². The molecule has 3 amide bonds. The Balaban J connectivity index is 1.34. The van der Waals surface area contributed by atoms with Crippen LogP contribution in [0.15, 0.2) is 48.5 Å². The summed E-state index contributed by atoms with van der Waals surface area (Å²) in [6, 6.07) is 15.6. The van der Waals surface area contributed by atoms with Gasteiger partial charge in [0, 0.05) is 29.6 Å². The van der Waals surface area contributed by atoms with E-state index in [4.69, 9.17) is 4.74 Å². The van der Waals surface area contributed by atoms with E-state index < -0.39 is 5.54 Å². The highest BCUT2D eigenvalue weighted by molar-refractivity contribution is 6.08. The van der Waals surface area contributed by atoms with Gasteiger partial charge in [-0.05, 0) is 88.0 Å². The van der Waals surface area contributed by atoms with Gasteiger partial charge in [0.2, 0.25) is 0 Å². The maximum absolute atomic E-state index is 14.0. The zero-order valence-corrected chi connectivity index (χ0v) is 22.7. The minimum absolute atomic E-state index is 0.0864. The van der Waals surface area contributed by atoms with Gasteiger partial charge in [-0.2, -0.15) is 0 Å².